The van der Waals surface area contributed by atoms with Crippen LogP contribution in [-0.4, -0.2) is 65.8 Å². The second-order valence-electron chi connectivity index (χ2n) is 8.47. The second-order valence-corrected chi connectivity index (χ2v) is 8.47. The quantitative estimate of drug-likeness (QED) is 0.727. The van der Waals surface area contributed by atoms with Gasteiger partial charge in [-0.1, -0.05) is 12.1 Å². The topological polar surface area (TPSA) is 83.7 Å². The first-order valence-corrected chi connectivity index (χ1v) is 9.86. The molecule has 8 nitrogen and oxygen atoms in total. The van der Waals surface area contributed by atoms with Crippen LogP contribution in [0, 0.1) is 0 Å². The van der Waals surface area contributed by atoms with Crippen molar-refractivity contribution in [2.75, 3.05) is 38.1 Å². The van der Waals surface area contributed by atoms with Crippen molar-refractivity contribution in [3.8, 4) is 0 Å². The molecule has 0 bridgehead atoms. The fourth-order valence-electron chi connectivity index (χ4n) is 3.70. The summed E-state index contributed by atoms with van der Waals surface area (Å²) >= 11 is 0. The molecule has 2 aromatic heterocycles. The van der Waals surface area contributed by atoms with E-state index in [-0.39, 0.29) is 6.04 Å². The summed E-state index contributed by atoms with van der Waals surface area (Å²) in [5.74, 6) is 0.760. The number of benzene rings is 1. The maximum atomic E-state index is 12.1. The summed E-state index contributed by atoms with van der Waals surface area (Å²) in [4.78, 5) is 25.6. The van der Waals surface area contributed by atoms with Crippen molar-refractivity contribution < 1.29 is 13.9 Å². The van der Waals surface area contributed by atoms with Crippen LogP contribution in [0.3, 0.4) is 0 Å². The molecule has 0 spiro atoms. The minimum absolute atomic E-state index is 0.0348. The van der Waals surface area contributed by atoms with Crippen molar-refractivity contribution >= 4 is 34.0 Å². The van der Waals surface area contributed by atoms with Crippen LogP contribution in [0.2, 0.25) is 0 Å². The molecule has 4 rings (SSSR count). The van der Waals surface area contributed by atoms with E-state index in [1.54, 1.807) is 6.33 Å². The van der Waals surface area contributed by atoms with Crippen molar-refractivity contribution in [1.29, 1.82) is 0 Å². The maximum absolute atomic E-state index is 12.1. The van der Waals surface area contributed by atoms with E-state index >= 15 is 0 Å². The summed E-state index contributed by atoms with van der Waals surface area (Å²) in [5, 5.41) is 3.88. The van der Waals surface area contributed by atoms with Crippen molar-refractivity contribution in [3.63, 3.8) is 0 Å². The summed E-state index contributed by atoms with van der Waals surface area (Å²) in [6.07, 6.45) is 1.17. The molecule has 0 radical (unpaired) electrons. The van der Waals surface area contributed by atoms with Gasteiger partial charge in [-0.25, -0.2) is 14.8 Å². The van der Waals surface area contributed by atoms with Gasteiger partial charge in [0, 0.05) is 31.6 Å². The third-order valence-electron chi connectivity index (χ3n) is 4.98. The number of nitrogens with one attached hydrogen (secondary N) is 1. The number of carbonyl (C=O) groups is 1. The van der Waals surface area contributed by atoms with Gasteiger partial charge in [0.15, 0.2) is 11.4 Å². The largest absolute Gasteiger partial charge is 0.450 e. The van der Waals surface area contributed by atoms with Crippen LogP contribution < -0.4 is 10.2 Å². The maximum Gasteiger partial charge on any atom is 0.407 e. The molecule has 154 valence electrons. The predicted molar refractivity (Wildman–Crippen MR) is 112 cm³/mol. The fraction of sp³-hybridized carbons (Fsp3) is 0.476. The molecule has 1 amide bonds. The van der Waals surface area contributed by atoms with E-state index in [9.17, 15) is 4.79 Å². The van der Waals surface area contributed by atoms with E-state index in [2.05, 4.69) is 32.1 Å². The molecule has 1 fully saturated rings. The summed E-state index contributed by atoms with van der Waals surface area (Å²) in [5.41, 5.74) is 1.76. The van der Waals surface area contributed by atoms with Gasteiger partial charge in [0.2, 0.25) is 0 Å². The van der Waals surface area contributed by atoms with Gasteiger partial charge in [-0.3, -0.25) is 0 Å². The van der Waals surface area contributed by atoms with Gasteiger partial charge in [0.25, 0.3) is 0 Å². The van der Waals surface area contributed by atoms with Crippen LogP contribution in [-0.2, 0) is 4.74 Å². The van der Waals surface area contributed by atoms with Crippen LogP contribution in [0.15, 0.2) is 35.0 Å². The number of amides is 1. The number of rotatable bonds is 3. The van der Waals surface area contributed by atoms with E-state index in [1.807, 2.05) is 45.0 Å². The SMILES string of the molecule is CN1CCN(c2ncnc3c2oc2ccccc23)[C@H](CNC(=O)OC(C)(C)C)C1. The normalized spacial score (nSPS) is 18.3. The Bertz CT molecular complexity index is 1030. The van der Waals surface area contributed by atoms with E-state index in [0.717, 1.165) is 41.9 Å². The van der Waals surface area contributed by atoms with Gasteiger partial charge in [-0.2, -0.15) is 0 Å². The molecule has 0 saturated carbocycles. The number of nitrogens with zero attached hydrogens (tertiary/aromatic N) is 4. The Kier molecular flexibility index (Phi) is 5.04. The number of fused-ring (bicyclic) bond motifs is 3. The van der Waals surface area contributed by atoms with Crippen LogP contribution in [0.1, 0.15) is 20.8 Å². The molecule has 3 heterocycles. The monoisotopic (exact) mass is 397 g/mol. The van der Waals surface area contributed by atoms with Crippen LogP contribution in [0.4, 0.5) is 10.6 Å². The van der Waals surface area contributed by atoms with E-state index < -0.39 is 11.7 Å². The molecule has 0 unspecified atom stereocenters. The third kappa shape index (κ3) is 4.12. The zero-order chi connectivity index (χ0) is 20.6. The molecule has 3 aromatic rings. The first-order chi connectivity index (χ1) is 13.8. The highest BCUT2D eigenvalue weighted by Crippen LogP contribution is 2.33. The first kappa shape index (κ1) is 19.4. The van der Waals surface area contributed by atoms with Gasteiger partial charge < -0.3 is 24.3 Å². The van der Waals surface area contributed by atoms with Crippen molar-refractivity contribution in [2.45, 2.75) is 32.4 Å². The average Bonchev–Trinajstić information content (AvgIpc) is 3.04. The molecular weight excluding hydrogens is 370 g/mol. The predicted octanol–water partition coefficient (Wildman–Crippen LogP) is 3.02. The highest BCUT2D eigenvalue weighted by molar-refractivity contribution is 6.05. The Morgan fingerprint density at radius 2 is 2.07 bits per heavy atom. The van der Waals surface area contributed by atoms with Crippen molar-refractivity contribution in [1.82, 2.24) is 20.2 Å². The average molecular weight is 397 g/mol. The number of carbonyl (C=O) groups excluding carboxylic acids is 1. The van der Waals surface area contributed by atoms with E-state index in [0.29, 0.717) is 12.1 Å². The highest BCUT2D eigenvalue weighted by atomic mass is 16.6. The van der Waals surface area contributed by atoms with Crippen LogP contribution >= 0.6 is 0 Å². The van der Waals surface area contributed by atoms with Crippen LogP contribution in [0.25, 0.3) is 22.1 Å². The molecule has 29 heavy (non-hydrogen) atoms. The zero-order valence-corrected chi connectivity index (χ0v) is 17.3. The minimum Gasteiger partial charge on any atom is -0.450 e. The molecule has 1 atom stereocenters. The molecule has 1 aliphatic heterocycles. The molecule has 1 aliphatic rings. The summed E-state index contributed by atoms with van der Waals surface area (Å²) in [7, 11) is 2.08. The summed E-state index contributed by atoms with van der Waals surface area (Å²) in [6, 6.07) is 7.90. The fourth-order valence-corrected chi connectivity index (χ4v) is 3.70. The number of furan rings is 1. The lowest BCUT2D eigenvalue weighted by Crippen LogP contribution is -2.56. The van der Waals surface area contributed by atoms with Gasteiger partial charge in [-0.15, -0.1) is 0 Å². The Hall–Kier alpha value is -2.87. The molecule has 1 aromatic carbocycles. The third-order valence-corrected chi connectivity index (χ3v) is 4.98. The van der Waals surface area contributed by atoms with Gasteiger partial charge >= 0.3 is 6.09 Å². The lowest BCUT2D eigenvalue weighted by atomic mass is 10.1. The Balaban J connectivity index is 1.62. The second kappa shape index (κ2) is 7.51. The zero-order valence-electron chi connectivity index (χ0n) is 17.3. The Morgan fingerprint density at radius 3 is 2.86 bits per heavy atom. The number of alkyl carbamates (subject to hydrolysis) is 1. The minimum atomic E-state index is -0.528. The summed E-state index contributed by atoms with van der Waals surface area (Å²) in [6.45, 7) is 8.48. The van der Waals surface area contributed by atoms with Gasteiger partial charge in [0.05, 0.1) is 6.04 Å². The van der Waals surface area contributed by atoms with Crippen molar-refractivity contribution in [2.24, 2.45) is 0 Å². The number of anilines is 1. The van der Waals surface area contributed by atoms with Gasteiger partial charge in [0.1, 0.15) is 23.0 Å². The van der Waals surface area contributed by atoms with Crippen LogP contribution in [0.5, 0.6) is 0 Å². The number of likely N-dealkylation sites (N-methyl/N-ethyl adjacent to an activating group) is 1. The number of aromatic nitrogens is 2. The lowest BCUT2D eigenvalue weighted by Gasteiger charge is -2.40. The molecule has 8 heteroatoms. The standard InChI is InChI=1S/C21H27N5O3/c1-21(2,3)29-20(27)22-11-14-12-25(4)9-10-26(14)19-18-17(23-13-24-19)15-7-5-6-8-16(15)28-18/h5-8,13-14H,9-12H2,1-4H3,(H,22,27)/t14-/m1/s1. The first-order valence-electron chi connectivity index (χ1n) is 9.86. The number of hydrogen-bond acceptors (Lipinski definition) is 7. The number of para-hydroxylation sites is 1. The number of ether oxygens (including phenoxy) is 1. The van der Waals surface area contributed by atoms with Crippen molar-refractivity contribution in [3.05, 3.63) is 30.6 Å². The smallest absolute Gasteiger partial charge is 0.407 e. The van der Waals surface area contributed by atoms with E-state index in [4.69, 9.17) is 9.15 Å². The molecular formula is C21H27N5O3. The Labute approximate surface area is 169 Å². The Morgan fingerprint density at radius 1 is 1.28 bits per heavy atom. The van der Waals surface area contributed by atoms with E-state index in [1.165, 1.54) is 0 Å². The van der Waals surface area contributed by atoms with Gasteiger partial charge in [-0.05, 0) is 40.0 Å². The lowest BCUT2D eigenvalue weighted by molar-refractivity contribution is 0.0520. The highest BCUT2D eigenvalue weighted by Gasteiger charge is 2.30. The molecule has 0 aliphatic carbocycles. The molecule has 1 saturated heterocycles. The summed E-state index contributed by atoms with van der Waals surface area (Å²) < 4.78 is 11.5. The number of hydrogen-bond donors (Lipinski definition) is 1. The molecule has 1 N–H and O–H groups in total. The number of piperazine rings is 1.